The summed E-state index contributed by atoms with van der Waals surface area (Å²) < 4.78 is 17.1. The van der Waals surface area contributed by atoms with Crippen molar-refractivity contribution in [3.63, 3.8) is 0 Å². The highest BCUT2D eigenvalue weighted by Gasteiger charge is 2.21. The van der Waals surface area contributed by atoms with Crippen LogP contribution in [0, 0.1) is 0 Å². The van der Waals surface area contributed by atoms with Crippen molar-refractivity contribution in [3.05, 3.63) is 107 Å². The first-order chi connectivity index (χ1) is 19.5. The van der Waals surface area contributed by atoms with Crippen LogP contribution in [0.25, 0.3) is 11.1 Å². The Balaban J connectivity index is 1.12. The Morgan fingerprint density at radius 1 is 0.775 bits per heavy atom. The first kappa shape index (κ1) is 25.3. The van der Waals surface area contributed by atoms with Gasteiger partial charge in [0.2, 0.25) is 0 Å². The number of anilines is 1. The van der Waals surface area contributed by atoms with Crippen molar-refractivity contribution in [1.82, 2.24) is 5.32 Å². The maximum atomic E-state index is 12.9. The van der Waals surface area contributed by atoms with Crippen molar-refractivity contribution in [1.29, 1.82) is 0 Å². The summed E-state index contributed by atoms with van der Waals surface area (Å²) in [6.45, 7) is 3.31. The Morgan fingerprint density at radius 3 is 2.35 bits per heavy atom. The van der Waals surface area contributed by atoms with E-state index in [0.717, 1.165) is 28.1 Å². The third-order valence-corrected chi connectivity index (χ3v) is 7.04. The fraction of sp³-hybridized carbons (Fsp3) is 0.188. The molecule has 2 aliphatic heterocycles. The number of rotatable bonds is 7. The molecule has 4 aromatic rings. The van der Waals surface area contributed by atoms with Crippen molar-refractivity contribution in [2.75, 3.05) is 31.3 Å². The number of aromatic carboxylic acids is 1. The van der Waals surface area contributed by atoms with Crippen LogP contribution in [0.1, 0.15) is 31.8 Å². The SMILES string of the molecule is O=C(NCc1ccc2c(c1)OCCO2)c1ccc2c(c1)OCCN2Cc1ccc(-c2ccccc2C(=O)O)cc1. The van der Waals surface area contributed by atoms with Crippen LogP contribution < -0.4 is 24.4 Å². The lowest BCUT2D eigenvalue weighted by Gasteiger charge is -2.31. The van der Waals surface area contributed by atoms with E-state index in [2.05, 4.69) is 10.2 Å². The standard InChI is InChI=1S/C32H28N2O6/c35-31(33-19-22-7-12-28-30(17-22)40-16-15-39-28)24-10-11-27-29(18-24)38-14-13-34(27)20-21-5-8-23(9-6-21)25-3-1-2-4-26(25)32(36)37/h1-12,17-18H,13-16,19-20H2,(H,33,35)(H,36,37). The molecule has 2 N–H and O–H groups in total. The molecule has 0 unspecified atom stereocenters. The number of ether oxygens (including phenoxy) is 3. The Hall–Kier alpha value is -4.98. The van der Waals surface area contributed by atoms with E-state index in [1.54, 1.807) is 18.2 Å². The zero-order valence-corrected chi connectivity index (χ0v) is 21.8. The number of carbonyl (C=O) groups is 2. The predicted molar refractivity (Wildman–Crippen MR) is 150 cm³/mol. The van der Waals surface area contributed by atoms with Crippen molar-refractivity contribution < 1.29 is 28.9 Å². The van der Waals surface area contributed by atoms with Gasteiger partial charge in [0.05, 0.1) is 17.8 Å². The Labute approximate surface area is 231 Å². The first-order valence-corrected chi connectivity index (χ1v) is 13.2. The molecule has 2 heterocycles. The maximum Gasteiger partial charge on any atom is 0.336 e. The molecule has 202 valence electrons. The summed E-state index contributed by atoms with van der Waals surface area (Å²) in [5, 5.41) is 12.5. The lowest BCUT2D eigenvalue weighted by Crippen LogP contribution is -2.32. The number of carbonyl (C=O) groups excluding carboxylic acids is 1. The smallest absolute Gasteiger partial charge is 0.336 e. The zero-order valence-electron chi connectivity index (χ0n) is 21.8. The number of carboxylic acid groups (broad SMARTS) is 1. The minimum Gasteiger partial charge on any atom is -0.490 e. The molecule has 8 heteroatoms. The summed E-state index contributed by atoms with van der Waals surface area (Å²) in [5.74, 6) is 0.957. The van der Waals surface area contributed by atoms with E-state index >= 15 is 0 Å². The number of carboxylic acids is 1. The second-order valence-electron chi connectivity index (χ2n) is 9.66. The molecule has 40 heavy (non-hydrogen) atoms. The van der Waals surface area contributed by atoms with Gasteiger partial charge in [-0.25, -0.2) is 4.79 Å². The van der Waals surface area contributed by atoms with Crippen LogP contribution in [-0.2, 0) is 13.1 Å². The van der Waals surface area contributed by atoms with Crippen LogP contribution in [0.2, 0.25) is 0 Å². The van der Waals surface area contributed by atoms with Gasteiger partial charge in [0.1, 0.15) is 25.6 Å². The highest BCUT2D eigenvalue weighted by molar-refractivity contribution is 5.96. The van der Waals surface area contributed by atoms with Gasteiger partial charge in [0, 0.05) is 18.7 Å². The van der Waals surface area contributed by atoms with Crippen LogP contribution in [0.3, 0.4) is 0 Å². The lowest BCUT2D eigenvalue weighted by atomic mass is 9.98. The van der Waals surface area contributed by atoms with Gasteiger partial charge in [-0.2, -0.15) is 0 Å². The number of hydrogen-bond donors (Lipinski definition) is 2. The monoisotopic (exact) mass is 536 g/mol. The quantitative estimate of drug-likeness (QED) is 0.337. The van der Waals surface area contributed by atoms with E-state index in [1.807, 2.05) is 66.7 Å². The molecule has 1 amide bonds. The van der Waals surface area contributed by atoms with Crippen LogP contribution in [0.5, 0.6) is 17.2 Å². The van der Waals surface area contributed by atoms with Crippen molar-refractivity contribution in [3.8, 4) is 28.4 Å². The van der Waals surface area contributed by atoms with Crippen LogP contribution in [0.4, 0.5) is 5.69 Å². The average molecular weight is 537 g/mol. The van der Waals surface area contributed by atoms with E-state index in [-0.39, 0.29) is 11.5 Å². The number of nitrogens with zero attached hydrogens (tertiary/aromatic N) is 1. The van der Waals surface area contributed by atoms with Gasteiger partial charge in [-0.3, -0.25) is 4.79 Å². The number of hydrogen-bond acceptors (Lipinski definition) is 6. The van der Waals surface area contributed by atoms with Crippen molar-refractivity contribution >= 4 is 17.6 Å². The van der Waals surface area contributed by atoms with E-state index < -0.39 is 5.97 Å². The van der Waals surface area contributed by atoms with Gasteiger partial charge in [0.25, 0.3) is 5.91 Å². The molecule has 0 bridgehead atoms. The van der Waals surface area contributed by atoms with E-state index in [9.17, 15) is 14.7 Å². The number of nitrogens with one attached hydrogen (secondary N) is 1. The molecule has 6 rings (SSSR count). The molecular formula is C32H28N2O6. The summed E-state index contributed by atoms with van der Waals surface area (Å²) in [6.07, 6.45) is 0. The molecule has 2 aliphatic rings. The van der Waals surface area contributed by atoms with Gasteiger partial charge >= 0.3 is 5.97 Å². The number of benzene rings is 4. The number of fused-ring (bicyclic) bond motifs is 2. The van der Waals surface area contributed by atoms with E-state index in [1.165, 1.54) is 0 Å². The van der Waals surface area contributed by atoms with Crippen molar-refractivity contribution in [2.45, 2.75) is 13.1 Å². The largest absolute Gasteiger partial charge is 0.490 e. The minimum atomic E-state index is -0.944. The molecule has 8 nitrogen and oxygen atoms in total. The topological polar surface area (TPSA) is 97.3 Å². The zero-order chi connectivity index (χ0) is 27.5. The molecule has 0 fully saturated rings. The summed E-state index contributed by atoms with van der Waals surface area (Å²) in [7, 11) is 0. The summed E-state index contributed by atoms with van der Waals surface area (Å²) in [6, 6.07) is 26.1. The summed E-state index contributed by atoms with van der Waals surface area (Å²) >= 11 is 0. The highest BCUT2D eigenvalue weighted by Crippen LogP contribution is 2.34. The fourth-order valence-electron chi connectivity index (χ4n) is 5.00. The van der Waals surface area contributed by atoms with Gasteiger partial charge < -0.3 is 29.5 Å². The molecule has 0 aliphatic carbocycles. The summed E-state index contributed by atoms with van der Waals surface area (Å²) in [4.78, 5) is 26.7. The third kappa shape index (κ3) is 5.29. The lowest BCUT2D eigenvalue weighted by molar-refractivity contribution is 0.0697. The predicted octanol–water partition coefficient (Wildman–Crippen LogP) is 5.15. The molecule has 0 radical (unpaired) electrons. The first-order valence-electron chi connectivity index (χ1n) is 13.2. The highest BCUT2D eigenvalue weighted by atomic mass is 16.6. The maximum absolute atomic E-state index is 12.9. The summed E-state index contributed by atoms with van der Waals surface area (Å²) in [5.41, 5.74) is 5.30. The molecule has 0 aromatic heterocycles. The van der Waals surface area contributed by atoms with Gasteiger partial charge in [-0.05, 0) is 58.7 Å². The average Bonchev–Trinajstić information content (AvgIpc) is 3.00. The third-order valence-electron chi connectivity index (χ3n) is 7.04. The Morgan fingerprint density at radius 2 is 1.52 bits per heavy atom. The normalized spacial score (nSPS) is 13.7. The molecule has 0 saturated carbocycles. The second kappa shape index (κ2) is 11.0. The van der Waals surface area contributed by atoms with Crippen LogP contribution in [-0.4, -0.2) is 43.3 Å². The van der Waals surface area contributed by atoms with Gasteiger partial charge in [-0.1, -0.05) is 48.5 Å². The van der Waals surface area contributed by atoms with Crippen LogP contribution >= 0.6 is 0 Å². The fourth-order valence-corrected chi connectivity index (χ4v) is 5.00. The molecular weight excluding hydrogens is 508 g/mol. The molecule has 0 atom stereocenters. The molecule has 0 spiro atoms. The Bertz CT molecular complexity index is 1570. The number of amides is 1. The van der Waals surface area contributed by atoms with Gasteiger partial charge in [0.15, 0.2) is 11.5 Å². The second-order valence-corrected chi connectivity index (χ2v) is 9.66. The van der Waals surface area contributed by atoms with Crippen LogP contribution in [0.15, 0.2) is 84.9 Å². The molecule has 4 aromatic carbocycles. The van der Waals surface area contributed by atoms with E-state index in [0.29, 0.717) is 62.1 Å². The minimum absolute atomic E-state index is 0.185. The molecule has 0 saturated heterocycles. The van der Waals surface area contributed by atoms with Gasteiger partial charge in [-0.15, -0.1) is 0 Å². The van der Waals surface area contributed by atoms with Crippen molar-refractivity contribution in [2.24, 2.45) is 0 Å². The Kier molecular flexibility index (Phi) is 6.97. The van der Waals surface area contributed by atoms with E-state index in [4.69, 9.17) is 14.2 Å².